The van der Waals surface area contributed by atoms with Crippen LogP contribution in [0.1, 0.15) is 49.1 Å². The molecule has 4 rings (SSSR count). The maximum atomic E-state index is 13.2. The molecule has 166 valence electrons. The van der Waals surface area contributed by atoms with E-state index in [1.807, 2.05) is 23.7 Å². The summed E-state index contributed by atoms with van der Waals surface area (Å²) < 4.78 is 15.2. The number of pyridine rings is 1. The standard InChI is InChI=1S/C25H32FN3O2/c1-27-22(17-28-12-4-2-3-5-13-28)16-24(30)25(31)23(27)18-29-14-10-20(11-15-29)19-6-8-21(26)9-7-19/h6-10,16,31H,2-5,11-15,17-18H2,1H3. The van der Waals surface area contributed by atoms with Crippen molar-refractivity contribution in [2.24, 2.45) is 7.05 Å². The van der Waals surface area contributed by atoms with E-state index in [0.29, 0.717) is 12.2 Å². The number of benzene rings is 1. The number of aromatic hydroxyl groups is 1. The van der Waals surface area contributed by atoms with Gasteiger partial charge in [0.25, 0.3) is 0 Å². The van der Waals surface area contributed by atoms with Crippen molar-refractivity contribution in [2.45, 2.75) is 45.2 Å². The van der Waals surface area contributed by atoms with Crippen molar-refractivity contribution in [1.29, 1.82) is 0 Å². The Morgan fingerprint density at radius 2 is 1.68 bits per heavy atom. The lowest BCUT2D eigenvalue weighted by atomic mass is 9.99. The molecule has 31 heavy (non-hydrogen) atoms. The second-order valence-corrected chi connectivity index (χ2v) is 8.77. The molecule has 0 bridgehead atoms. The second-order valence-electron chi connectivity index (χ2n) is 8.77. The molecule has 0 saturated carbocycles. The summed E-state index contributed by atoms with van der Waals surface area (Å²) >= 11 is 0. The highest BCUT2D eigenvalue weighted by molar-refractivity contribution is 5.66. The molecule has 1 aromatic heterocycles. The zero-order chi connectivity index (χ0) is 21.8. The molecule has 0 unspecified atom stereocenters. The van der Waals surface area contributed by atoms with E-state index in [-0.39, 0.29) is 17.0 Å². The first kappa shape index (κ1) is 21.8. The summed E-state index contributed by atoms with van der Waals surface area (Å²) in [5.41, 5.74) is 3.60. The molecule has 0 spiro atoms. The third-order valence-electron chi connectivity index (χ3n) is 6.61. The minimum atomic E-state index is -0.294. The summed E-state index contributed by atoms with van der Waals surface area (Å²) in [4.78, 5) is 17.1. The predicted molar refractivity (Wildman–Crippen MR) is 121 cm³/mol. The van der Waals surface area contributed by atoms with Gasteiger partial charge in [-0.2, -0.15) is 0 Å². The fraction of sp³-hybridized carbons (Fsp3) is 0.480. The Morgan fingerprint density at radius 3 is 2.32 bits per heavy atom. The molecule has 3 heterocycles. The van der Waals surface area contributed by atoms with Gasteiger partial charge < -0.3 is 9.67 Å². The molecule has 1 saturated heterocycles. The quantitative estimate of drug-likeness (QED) is 0.790. The molecule has 0 atom stereocenters. The van der Waals surface area contributed by atoms with E-state index in [0.717, 1.165) is 50.4 Å². The topological polar surface area (TPSA) is 48.7 Å². The van der Waals surface area contributed by atoms with Gasteiger partial charge in [-0.1, -0.05) is 31.1 Å². The van der Waals surface area contributed by atoms with E-state index in [9.17, 15) is 14.3 Å². The lowest BCUT2D eigenvalue weighted by Crippen LogP contribution is -2.32. The number of likely N-dealkylation sites (tertiary alicyclic amines) is 1. The van der Waals surface area contributed by atoms with Crippen LogP contribution in [0.2, 0.25) is 0 Å². The van der Waals surface area contributed by atoms with Crippen molar-refractivity contribution < 1.29 is 9.50 Å². The third-order valence-corrected chi connectivity index (χ3v) is 6.61. The molecule has 1 fully saturated rings. The molecular weight excluding hydrogens is 393 g/mol. The third kappa shape index (κ3) is 5.25. The molecule has 0 amide bonds. The van der Waals surface area contributed by atoms with Gasteiger partial charge in [0.15, 0.2) is 5.75 Å². The first-order chi connectivity index (χ1) is 15.0. The van der Waals surface area contributed by atoms with Gasteiger partial charge in [0.05, 0.1) is 5.69 Å². The molecule has 1 N–H and O–H groups in total. The molecule has 1 aromatic carbocycles. The van der Waals surface area contributed by atoms with E-state index in [1.54, 1.807) is 6.07 Å². The smallest absolute Gasteiger partial charge is 0.223 e. The van der Waals surface area contributed by atoms with Gasteiger partial charge in [-0.05, 0) is 55.6 Å². The summed E-state index contributed by atoms with van der Waals surface area (Å²) in [6, 6.07) is 8.21. The first-order valence-corrected chi connectivity index (χ1v) is 11.3. The summed E-state index contributed by atoms with van der Waals surface area (Å²) in [5.74, 6) is -0.367. The first-order valence-electron chi connectivity index (χ1n) is 11.3. The molecule has 0 aliphatic carbocycles. The number of hydrogen-bond acceptors (Lipinski definition) is 4. The normalized spacial score (nSPS) is 18.6. The Kier molecular flexibility index (Phi) is 6.88. The van der Waals surface area contributed by atoms with Crippen molar-refractivity contribution >= 4 is 5.57 Å². The summed E-state index contributed by atoms with van der Waals surface area (Å²) in [5, 5.41) is 10.5. The van der Waals surface area contributed by atoms with Gasteiger partial charge in [0.1, 0.15) is 5.82 Å². The van der Waals surface area contributed by atoms with Gasteiger partial charge in [-0.15, -0.1) is 0 Å². The zero-order valence-corrected chi connectivity index (χ0v) is 18.3. The van der Waals surface area contributed by atoms with Gasteiger partial charge in [-0.3, -0.25) is 14.6 Å². The Morgan fingerprint density at radius 1 is 0.968 bits per heavy atom. The van der Waals surface area contributed by atoms with Crippen molar-refractivity contribution in [1.82, 2.24) is 14.4 Å². The average Bonchev–Trinajstić information content (AvgIpc) is 3.05. The van der Waals surface area contributed by atoms with Crippen LogP contribution in [-0.2, 0) is 20.1 Å². The van der Waals surface area contributed by atoms with Crippen molar-refractivity contribution in [2.75, 3.05) is 26.2 Å². The van der Waals surface area contributed by atoms with Crippen molar-refractivity contribution in [3.05, 3.63) is 69.4 Å². The molecule has 6 heteroatoms. The Labute approximate surface area is 183 Å². The number of halogens is 1. The van der Waals surface area contributed by atoms with Crippen LogP contribution >= 0.6 is 0 Å². The lowest BCUT2D eigenvalue weighted by molar-refractivity contribution is 0.261. The summed E-state index contributed by atoms with van der Waals surface area (Å²) in [6.45, 7) is 4.96. The van der Waals surface area contributed by atoms with Crippen LogP contribution < -0.4 is 5.43 Å². The minimum absolute atomic E-state index is 0.143. The highest BCUT2D eigenvalue weighted by atomic mass is 19.1. The molecule has 2 aliphatic heterocycles. The highest BCUT2D eigenvalue weighted by Crippen LogP contribution is 2.25. The van der Waals surface area contributed by atoms with Crippen LogP contribution in [-0.4, -0.2) is 45.7 Å². The van der Waals surface area contributed by atoms with Gasteiger partial charge in [-0.25, -0.2) is 4.39 Å². The van der Waals surface area contributed by atoms with Crippen LogP contribution in [0.3, 0.4) is 0 Å². The maximum Gasteiger partial charge on any atom is 0.223 e. The molecule has 5 nitrogen and oxygen atoms in total. The van der Waals surface area contributed by atoms with Crippen LogP contribution in [0.25, 0.3) is 5.57 Å². The number of rotatable bonds is 5. The zero-order valence-electron chi connectivity index (χ0n) is 18.3. The fourth-order valence-electron chi connectivity index (χ4n) is 4.64. The van der Waals surface area contributed by atoms with E-state index < -0.39 is 0 Å². The average molecular weight is 426 g/mol. The Hall–Kier alpha value is -2.44. The van der Waals surface area contributed by atoms with Crippen molar-refractivity contribution in [3.63, 3.8) is 0 Å². The summed E-state index contributed by atoms with van der Waals surface area (Å²) in [6.07, 6.45) is 7.98. The summed E-state index contributed by atoms with van der Waals surface area (Å²) in [7, 11) is 1.95. The Balaban J connectivity index is 1.48. The van der Waals surface area contributed by atoms with E-state index in [2.05, 4.69) is 15.9 Å². The fourth-order valence-corrected chi connectivity index (χ4v) is 4.64. The Bertz CT molecular complexity index is 989. The number of aromatic nitrogens is 1. The molecular formula is C25H32FN3O2. The highest BCUT2D eigenvalue weighted by Gasteiger charge is 2.20. The number of nitrogens with zero attached hydrogens (tertiary/aromatic N) is 3. The molecule has 0 radical (unpaired) electrons. The van der Waals surface area contributed by atoms with Crippen LogP contribution in [0.4, 0.5) is 4.39 Å². The lowest BCUT2D eigenvalue weighted by Gasteiger charge is -2.29. The number of hydrogen-bond donors (Lipinski definition) is 1. The minimum Gasteiger partial charge on any atom is -0.503 e. The monoisotopic (exact) mass is 425 g/mol. The van der Waals surface area contributed by atoms with Gasteiger partial charge in [0.2, 0.25) is 5.43 Å². The second kappa shape index (κ2) is 9.79. The maximum absolute atomic E-state index is 13.2. The van der Waals surface area contributed by atoms with Gasteiger partial charge >= 0.3 is 0 Å². The van der Waals surface area contributed by atoms with Crippen LogP contribution in [0.5, 0.6) is 5.75 Å². The molecule has 2 aliphatic rings. The van der Waals surface area contributed by atoms with Crippen molar-refractivity contribution in [3.8, 4) is 5.75 Å². The molecule has 2 aromatic rings. The van der Waals surface area contributed by atoms with Crippen LogP contribution in [0, 0.1) is 5.82 Å². The predicted octanol–water partition coefficient (Wildman–Crippen LogP) is 3.90. The van der Waals surface area contributed by atoms with E-state index >= 15 is 0 Å². The van der Waals surface area contributed by atoms with E-state index in [4.69, 9.17) is 0 Å². The largest absolute Gasteiger partial charge is 0.503 e. The van der Waals surface area contributed by atoms with Gasteiger partial charge in [0, 0.05) is 45.0 Å². The SMILES string of the molecule is Cn1c(CN2CCCCCC2)cc(=O)c(O)c1CN1CC=C(c2ccc(F)cc2)CC1. The van der Waals surface area contributed by atoms with E-state index in [1.165, 1.54) is 43.4 Å². The van der Waals surface area contributed by atoms with Crippen LogP contribution in [0.15, 0.2) is 41.2 Å².